The van der Waals surface area contributed by atoms with Gasteiger partial charge in [-0.25, -0.2) is 0 Å². The summed E-state index contributed by atoms with van der Waals surface area (Å²) in [5.41, 5.74) is 0. The third kappa shape index (κ3) is 2.39. The Morgan fingerprint density at radius 3 is 2.86 bits per heavy atom. The molecule has 0 spiro atoms. The maximum atomic E-state index is 11.4. The molecule has 2 nitrogen and oxygen atoms in total. The fourth-order valence-corrected chi connectivity index (χ4v) is 1.67. The first-order chi connectivity index (χ1) is 6.66. The van der Waals surface area contributed by atoms with Crippen LogP contribution in [0.2, 0.25) is 5.02 Å². The molecule has 2 rings (SSSR count). The van der Waals surface area contributed by atoms with Gasteiger partial charge in [0, 0.05) is 11.1 Å². The van der Waals surface area contributed by atoms with E-state index in [0.717, 1.165) is 16.4 Å². The van der Waals surface area contributed by atoms with Gasteiger partial charge in [-0.15, -0.1) is 0 Å². The summed E-state index contributed by atoms with van der Waals surface area (Å²) >= 11 is 7.92. The van der Waals surface area contributed by atoms with Crippen molar-refractivity contribution in [1.29, 1.82) is 0 Å². The molecule has 0 heterocycles. The van der Waals surface area contributed by atoms with Gasteiger partial charge in [0.15, 0.2) is 0 Å². The van der Waals surface area contributed by atoms with Gasteiger partial charge in [0.1, 0.15) is 5.75 Å². The van der Waals surface area contributed by atoms with Crippen LogP contribution in [0.15, 0.2) is 18.2 Å². The fraction of sp³-hybridized carbons (Fsp3) is 0.300. The van der Waals surface area contributed by atoms with E-state index >= 15 is 0 Å². The molecule has 4 heteroatoms. The molecule has 0 aliphatic heterocycles. The maximum Gasteiger partial charge on any atom is 0.314 e. The highest BCUT2D eigenvalue weighted by atomic mass is 127. The molecule has 0 radical (unpaired) electrons. The Labute approximate surface area is 101 Å². The Hall–Kier alpha value is -0.290. The van der Waals surface area contributed by atoms with Crippen molar-refractivity contribution in [2.45, 2.75) is 12.8 Å². The normalized spacial score (nSPS) is 15.3. The molecule has 74 valence electrons. The average Bonchev–Trinajstić information content (AvgIpc) is 2.94. The fourth-order valence-electron chi connectivity index (χ4n) is 1.07. The van der Waals surface area contributed by atoms with E-state index in [0.29, 0.717) is 10.8 Å². The molecular weight excluding hydrogens is 314 g/mol. The highest BCUT2D eigenvalue weighted by Gasteiger charge is 2.31. The molecule has 0 amide bonds. The predicted molar refractivity (Wildman–Crippen MR) is 62.5 cm³/mol. The third-order valence-electron chi connectivity index (χ3n) is 2.01. The summed E-state index contributed by atoms with van der Waals surface area (Å²) in [6.45, 7) is 0. The summed E-state index contributed by atoms with van der Waals surface area (Å²) < 4.78 is 6.12. The lowest BCUT2D eigenvalue weighted by Gasteiger charge is -2.05. The molecule has 1 aliphatic rings. The highest BCUT2D eigenvalue weighted by molar-refractivity contribution is 14.1. The summed E-state index contributed by atoms with van der Waals surface area (Å²) in [6, 6.07) is 5.28. The Bertz CT molecular complexity index is 374. The Kier molecular flexibility index (Phi) is 2.97. The van der Waals surface area contributed by atoms with Crippen molar-refractivity contribution in [3.63, 3.8) is 0 Å². The maximum absolute atomic E-state index is 11.4. The monoisotopic (exact) mass is 322 g/mol. The van der Waals surface area contributed by atoms with Crippen LogP contribution >= 0.6 is 34.2 Å². The summed E-state index contributed by atoms with van der Waals surface area (Å²) in [7, 11) is 0. The van der Waals surface area contributed by atoms with Crippen molar-refractivity contribution in [1.82, 2.24) is 0 Å². The number of rotatable bonds is 2. The van der Waals surface area contributed by atoms with Gasteiger partial charge >= 0.3 is 5.97 Å². The number of hydrogen-bond acceptors (Lipinski definition) is 2. The highest BCUT2D eigenvalue weighted by Crippen LogP contribution is 2.32. The van der Waals surface area contributed by atoms with Gasteiger partial charge < -0.3 is 4.74 Å². The van der Waals surface area contributed by atoms with Crippen LogP contribution in [-0.4, -0.2) is 5.97 Å². The van der Waals surface area contributed by atoms with Crippen LogP contribution in [0.5, 0.6) is 5.75 Å². The van der Waals surface area contributed by atoms with Gasteiger partial charge in [-0.1, -0.05) is 11.6 Å². The minimum atomic E-state index is -0.134. The first-order valence-corrected chi connectivity index (χ1v) is 5.79. The summed E-state index contributed by atoms with van der Waals surface area (Å²) in [6.07, 6.45) is 1.91. The Morgan fingerprint density at radius 2 is 2.21 bits per heavy atom. The largest absolute Gasteiger partial charge is 0.425 e. The summed E-state index contributed by atoms with van der Waals surface area (Å²) in [4.78, 5) is 11.4. The smallest absolute Gasteiger partial charge is 0.314 e. The zero-order chi connectivity index (χ0) is 10.1. The number of ether oxygens (including phenoxy) is 1. The summed E-state index contributed by atoms with van der Waals surface area (Å²) in [5, 5.41) is 0.587. The number of halogens is 2. The Balaban J connectivity index is 2.14. The van der Waals surface area contributed by atoms with E-state index in [2.05, 4.69) is 22.6 Å². The molecule has 0 bridgehead atoms. The first kappa shape index (κ1) is 10.2. The van der Waals surface area contributed by atoms with Gasteiger partial charge in [0.25, 0.3) is 0 Å². The molecule has 1 fully saturated rings. The van der Waals surface area contributed by atoms with Crippen LogP contribution in [0.3, 0.4) is 0 Å². The van der Waals surface area contributed by atoms with Crippen LogP contribution in [-0.2, 0) is 4.79 Å². The van der Waals surface area contributed by atoms with Gasteiger partial charge in [-0.05, 0) is 47.6 Å². The molecule has 0 aromatic heterocycles. The molecule has 14 heavy (non-hydrogen) atoms. The summed E-state index contributed by atoms with van der Waals surface area (Å²) in [5.74, 6) is 0.546. The van der Waals surface area contributed by atoms with Crippen molar-refractivity contribution in [3.05, 3.63) is 26.8 Å². The first-order valence-electron chi connectivity index (χ1n) is 4.33. The van der Waals surface area contributed by atoms with Gasteiger partial charge in [0.2, 0.25) is 0 Å². The van der Waals surface area contributed by atoms with E-state index in [4.69, 9.17) is 16.3 Å². The molecule has 0 saturated heterocycles. The molecule has 1 saturated carbocycles. The van der Waals surface area contributed by atoms with Crippen LogP contribution in [0.1, 0.15) is 12.8 Å². The van der Waals surface area contributed by atoms with E-state index in [9.17, 15) is 4.79 Å². The average molecular weight is 323 g/mol. The predicted octanol–water partition coefficient (Wildman–Crippen LogP) is 3.26. The lowest BCUT2D eigenvalue weighted by Crippen LogP contribution is -2.10. The Morgan fingerprint density at radius 1 is 1.50 bits per heavy atom. The lowest BCUT2D eigenvalue weighted by atomic mass is 10.3. The van der Waals surface area contributed by atoms with Crippen molar-refractivity contribution in [3.8, 4) is 5.75 Å². The van der Waals surface area contributed by atoms with Crippen LogP contribution in [0.25, 0.3) is 0 Å². The third-order valence-corrected chi connectivity index (χ3v) is 3.14. The van der Waals surface area contributed by atoms with Gasteiger partial charge in [-0.2, -0.15) is 0 Å². The zero-order valence-electron chi connectivity index (χ0n) is 7.30. The zero-order valence-corrected chi connectivity index (χ0v) is 10.2. The lowest BCUT2D eigenvalue weighted by molar-refractivity contribution is -0.135. The van der Waals surface area contributed by atoms with Crippen molar-refractivity contribution < 1.29 is 9.53 Å². The molecule has 0 unspecified atom stereocenters. The topological polar surface area (TPSA) is 26.3 Å². The molecule has 1 aromatic rings. The molecule has 0 N–H and O–H groups in total. The van der Waals surface area contributed by atoms with Crippen molar-refractivity contribution >= 4 is 40.2 Å². The SMILES string of the molecule is O=C(Oc1cc(Cl)ccc1I)C1CC1. The van der Waals surface area contributed by atoms with Crippen molar-refractivity contribution in [2.24, 2.45) is 5.92 Å². The van der Waals surface area contributed by atoms with E-state index in [-0.39, 0.29) is 11.9 Å². The van der Waals surface area contributed by atoms with E-state index in [1.165, 1.54) is 0 Å². The molecule has 0 atom stereocenters. The molecule has 1 aromatic carbocycles. The molecular formula is C10H8ClIO2. The molecule has 1 aliphatic carbocycles. The number of carbonyl (C=O) groups excluding carboxylic acids is 1. The van der Waals surface area contributed by atoms with Gasteiger partial charge in [-0.3, -0.25) is 4.79 Å². The number of carbonyl (C=O) groups is 1. The number of benzene rings is 1. The van der Waals surface area contributed by atoms with Gasteiger partial charge in [0.05, 0.1) is 9.49 Å². The number of hydrogen-bond donors (Lipinski definition) is 0. The quantitative estimate of drug-likeness (QED) is 0.474. The van der Waals surface area contributed by atoms with Crippen LogP contribution in [0.4, 0.5) is 0 Å². The minimum absolute atomic E-state index is 0.116. The van der Waals surface area contributed by atoms with Crippen molar-refractivity contribution in [2.75, 3.05) is 0 Å². The van der Waals surface area contributed by atoms with E-state index in [1.54, 1.807) is 12.1 Å². The number of esters is 1. The van der Waals surface area contributed by atoms with Crippen LogP contribution in [0, 0.1) is 9.49 Å². The van der Waals surface area contributed by atoms with E-state index < -0.39 is 0 Å². The second-order valence-corrected chi connectivity index (χ2v) is 4.87. The van der Waals surface area contributed by atoms with E-state index in [1.807, 2.05) is 6.07 Å². The second kappa shape index (κ2) is 4.06. The minimum Gasteiger partial charge on any atom is -0.425 e. The van der Waals surface area contributed by atoms with Crippen LogP contribution < -0.4 is 4.74 Å². The second-order valence-electron chi connectivity index (χ2n) is 3.27. The standard InChI is InChI=1S/C10H8ClIO2/c11-7-3-4-8(12)9(5-7)14-10(13)6-1-2-6/h3-6H,1-2H2.